The van der Waals surface area contributed by atoms with E-state index in [1.54, 1.807) is 4.57 Å². The lowest BCUT2D eigenvalue weighted by Gasteiger charge is -2.07. The average molecular weight is 392 g/mol. The first kappa shape index (κ1) is 19.0. The van der Waals surface area contributed by atoms with Crippen molar-refractivity contribution in [3.63, 3.8) is 0 Å². The topological polar surface area (TPSA) is 78.2 Å². The molecule has 0 saturated carbocycles. The van der Waals surface area contributed by atoms with Gasteiger partial charge in [0.15, 0.2) is 5.82 Å². The molecule has 1 unspecified atom stereocenters. The molecule has 7 heteroatoms. The second-order valence-electron chi connectivity index (χ2n) is 7.23. The fourth-order valence-electron chi connectivity index (χ4n) is 3.61. The lowest BCUT2D eigenvalue weighted by atomic mass is 10.1. The van der Waals surface area contributed by atoms with Crippen molar-refractivity contribution in [1.82, 2.24) is 19.7 Å². The third kappa shape index (κ3) is 3.94. The molecule has 1 aliphatic heterocycles. The minimum Gasteiger partial charge on any atom is -0.490 e. The van der Waals surface area contributed by atoms with Gasteiger partial charge in [0.2, 0.25) is 5.91 Å². The van der Waals surface area contributed by atoms with Gasteiger partial charge in [-0.3, -0.25) is 9.36 Å². The summed E-state index contributed by atoms with van der Waals surface area (Å²) in [5.74, 6) is 1.23. The number of rotatable bonds is 6. The number of aromatic nitrogens is 3. The molecule has 4 rings (SSSR count). The predicted octanol–water partition coefficient (Wildman–Crippen LogP) is 2.37. The van der Waals surface area contributed by atoms with E-state index in [0.717, 1.165) is 28.9 Å². The Balaban J connectivity index is 1.45. The number of ether oxygens (including phenoxy) is 1. The summed E-state index contributed by atoms with van der Waals surface area (Å²) in [4.78, 5) is 25.1. The maximum atomic E-state index is 12.6. The molecule has 150 valence electrons. The maximum absolute atomic E-state index is 12.6. The Kier molecular flexibility index (Phi) is 5.20. The van der Waals surface area contributed by atoms with Crippen molar-refractivity contribution in [1.29, 1.82) is 0 Å². The number of amides is 1. The number of nitrogens with one attached hydrogen (secondary N) is 1. The van der Waals surface area contributed by atoms with E-state index in [1.165, 1.54) is 4.68 Å². The van der Waals surface area contributed by atoms with E-state index in [1.807, 2.05) is 56.3 Å². The number of nitrogens with zero attached hydrogens (tertiary/aromatic N) is 3. The highest BCUT2D eigenvalue weighted by Gasteiger charge is 2.19. The zero-order valence-corrected chi connectivity index (χ0v) is 16.6. The van der Waals surface area contributed by atoms with Gasteiger partial charge in [0.05, 0.1) is 0 Å². The Bertz CT molecular complexity index is 1090. The van der Waals surface area contributed by atoms with Gasteiger partial charge < -0.3 is 10.1 Å². The molecule has 0 fully saturated rings. The molecule has 29 heavy (non-hydrogen) atoms. The lowest BCUT2D eigenvalue weighted by molar-refractivity contribution is -0.122. The van der Waals surface area contributed by atoms with Crippen molar-refractivity contribution in [3.05, 3.63) is 70.1 Å². The highest BCUT2D eigenvalue weighted by molar-refractivity contribution is 5.75. The monoisotopic (exact) mass is 392 g/mol. The van der Waals surface area contributed by atoms with Crippen molar-refractivity contribution < 1.29 is 9.53 Å². The van der Waals surface area contributed by atoms with Crippen molar-refractivity contribution >= 4 is 5.91 Å². The first-order valence-corrected chi connectivity index (χ1v) is 9.83. The van der Waals surface area contributed by atoms with E-state index in [4.69, 9.17) is 4.74 Å². The molecule has 0 aliphatic carbocycles. The number of carbonyl (C=O) groups excluding carboxylic acids is 1. The predicted molar refractivity (Wildman–Crippen MR) is 110 cm³/mol. The van der Waals surface area contributed by atoms with Crippen LogP contribution < -0.4 is 15.7 Å². The van der Waals surface area contributed by atoms with Crippen LogP contribution in [0.4, 0.5) is 0 Å². The van der Waals surface area contributed by atoms with Gasteiger partial charge in [-0.15, -0.1) is 5.10 Å². The Hall–Kier alpha value is -3.35. The highest BCUT2D eigenvalue weighted by atomic mass is 16.5. The van der Waals surface area contributed by atoms with Crippen molar-refractivity contribution in [2.24, 2.45) is 0 Å². The second-order valence-corrected chi connectivity index (χ2v) is 7.23. The molecule has 1 atom stereocenters. The van der Waals surface area contributed by atoms with Crippen LogP contribution in [0.15, 0.2) is 53.3 Å². The minimum absolute atomic E-state index is 0.114. The molecular weight excluding hydrogens is 368 g/mol. The zero-order valence-electron chi connectivity index (χ0n) is 16.6. The van der Waals surface area contributed by atoms with Gasteiger partial charge in [-0.25, -0.2) is 9.48 Å². The Morgan fingerprint density at radius 1 is 1.24 bits per heavy atom. The van der Waals surface area contributed by atoms with Crippen LogP contribution >= 0.6 is 0 Å². The molecule has 2 heterocycles. The molecule has 1 amide bonds. The molecule has 1 N–H and O–H groups in total. The normalized spacial score (nSPS) is 15.0. The van der Waals surface area contributed by atoms with Gasteiger partial charge in [0.25, 0.3) is 0 Å². The van der Waals surface area contributed by atoms with E-state index in [0.29, 0.717) is 18.9 Å². The molecule has 0 saturated heterocycles. The van der Waals surface area contributed by atoms with Crippen LogP contribution in [0.25, 0.3) is 11.4 Å². The van der Waals surface area contributed by atoms with Crippen molar-refractivity contribution in [2.75, 3.05) is 0 Å². The molecule has 0 spiro atoms. The van der Waals surface area contributed by atoms with E-state index >= 15 is 0 Å². The molecule has 1 aromatic heterocycles. The van der Waals surface area contributed by atoms with Crippen LogP contribution in [0, 0.1) is 0 Å². The van der Waals surface area contributed by atoms with Gasteiger partial charge >= 0.3 is 5.69 Å². The number of carbonyl (C=O) groups is 1. The van der Waals surface area contributed by atoms with Crippen LogP contribution in [0.1, 0.15) is 25.0 Å². The smallest absolute Gasteiger partial charge is 0.346 e. The summed E-state index contributed by atoms with van der Waals surface area (Å²) in [6.45, 7) is 4.70. The molecular formula is C22H24N4O3. The highest BCUT2D eigenvalue weighted by Crippen LogP contribution is 2.29. The SMILES string of the molecule is CCn1c(-c2ccccc2)nn(CC(=O)NCc2ccc3c(c2)CC(C)O3)c1=O. The molecule has 2 aromatic carbocycles. The van der Waals surface area contributed by atoms with Crippen LogP contribution in [0.2, 0.25) is 0 Å². The summed E-state index contributed by atoms with van der Waals surface area (Å²) in [6.07, 6.45) is 1.07. The third-order valence-electron chi connectivity index (χ3n) is 5.01. The number of hydrogen-bond acceptors (Lipinski definition) is 4. The van der Waals surface area contributed by atoms with Crippen LogP contribution in [0.5, 0.6) is 5.75 Å². The standard InChI is InChI=1S/C22H24N4O3/c1-3-25-21(17-7-5-4-6-8-17)24-26(22(25)28)14-20(27)23-13-16-9-10-19-18(12-16)11-15(2)29-19/h4-10,12,15H,3,11,13-14H2,1-2H3,(H,23,27). The van der Waals surface area contributed by atoms with Gasteiger partial charge in [-0.05, 0) is 31.0 Å². The van der Waals surface area contributed by atoms with E-state index in [9.17, 15) is 9.59 Å². The summed E-state index contributed by atoms with van der Waals surface area (Å²) in [6, 6.07) is 15.5. The largest absolute Gasteiger partial charge is 0.490 e. The average Bonchev–Trinajstić information content (AvgIpc) is 3.25. The summed E-state index contributed by atoms with van der Waals surface area (Å²) in [5.41, 5.74) is 2.73. The second kappa shape index (κ2) is 7.95. The quantitative estimate of drug-likeness (QED) is 0.699. The van der Waals surface area contributed by atoms with E-state index in [-0.39, 0.29) is 24.2 Å². The Labute approximate surface area is 168 Å². The van der Waals surface area contributed by atoms with Gasteiger partial charge in [0, 0.05) is 25.1 Å². The maximum Gasteiger partial charge on any atom is 0.346 e. The Morgan fingerprint density at radius 3 is 2.79 bits per heavy atom. The van der Waals surface area contributed by atoms with Crippen LogP contribution in [0.3, 0.4) is 0 Å². The number of fused-ring (bicyclic) bond motifs is 1. The summed E-state index contributed by atoms with van der Waals surface area (Å²) in [5, 5.41) is 7.27. The van der Waals surface area contributed by atoms with E-state index in [2.05, 4.69) is 16.5 Å². The van der Waals surface area contributed by atoms with Crippen LogP contribution in [-0.2, 0) is 30.8 Å². The van der Waals surface area contributed by atoms with Crippen molar-refractivity contribution in [3.8, 4) is 17.1 Å². The van der Waals surface area contributed by atoms with Gasteiger partial charge in [0.1, 0.15) is 18.4 Å². The molecule has 3 aromatic rings. The molecule has 7 nitrogen and oxygen atoms in total. The molecule has 1 aliphatic rings. The van der Waals surface area contributed by atoms with Gasteiger partial charge in [-0.2, -0.15) is 0 Å². The Morgan fingerprint density at radius 2 is 2.03 bits per heavy atom. The number of benzene rings is 2. The zero-order chi connectivity index (χ0) is 20.4. The lowest BCUT2D eigenvalue weighted by Crippen LogP contribution is -2.33. The van der Waals surface area contributed by atoms with Crippen molar-refractivity contribution in [2.45, 2.75) is 46.0 Å². The summed E-state index contributed by atoms with van der Waals surface area (Å²) in [7, 11) is 0. The van der Waals surface area contributed by atoms with Gasteiger partial charge in [-0.1, -0.05) is 42.5 Å². The van der Waals surface area contributed by atoms with Crippen LogP contribution in [-0.4, -0.2) is 26.4 Å². The minimum atomic E-state index is -0.287. The third-order valence-corrected chi connectivity index (χ3v) is 5.01. The first-order valence-electron chi connectivity index (χ1n) is 9.83. The first-order chi connectivity index (χ1) is 14.0. The molecule has 0 radical (unpaired) electrons. The fourth-order valence-corrected chi connectivity index (χ4v) is 3.61. The van der Waals surface area contributed by atoms with E-state index < -0.39 is 0 Å². The molecule has 0 bridgehead atoms. The number of hydrogen-bond donors (Lipinski definition) is 1. The summed E-state index contributed by atoms with van der Waals surface area (Å²) < 4.78 is 8.50. The fraction of sp³-hybridized carbons (Fsp3) is 0.318. The summed E-state index contributed by atoms with van der Waals surface area (Å²) >= 11 is 0.